The van der Waals surface area contributed by atoms with Crippen LogP contribution in [0.15, 0.2) is 47.4 Å². The molecule has 180 valence electrons. The van der Waals surface area contributed by atoms with Crippen molar-refractivity contribution in [2.24, 2.45) is 0 Å². The highest BCUT2D eigenvalue weighted by Crippen LogP contribution is 3.02. The standard InChI is InChI=1S/C20H21F5N4O3S/c21-33(22,23,24,25)13-5-6-16(29-8-7-26-18(31)11-29)15(10-13)27-20(32)28-19-14-4-2-1-3-12(14)9-17(19)30/h1-6,10,17,19,30H,7-9,11H2,(H,26,31)(H2,27,28,32)/t17-,19+/m0/s1. The van der Waals surface area contributed by atoms with E-state index < -0.39 is 44.9 Å². The SMILES string of the molecule is O=C1CN(c2ccc(S(F)(F)(F)(F)F)cc2NC(=O)N[C@@H]2c3ccccc3C[C@@H]2O)CCN1. The van der Waals surface area contributed by atoms with Crippen LogP contribution in [0.4, 0.5) is 35.6 Å². The van der Waals surface area contributed by atoms with Crippen LogP contribution in [-0.4, -0.2) is 42.8 Å². The Hall–Kier alpha value is -3.06. The van der Waals surface area contributed by atoms with Crippen LogP contribution in [-0.2, 0) is 11.2 Å². The molecule has 1 fully saturated rings. The lowest BCUT2D eigenvalue weighted by molar-refractivity contribution is -0.120. The predicted molar refractivity (Wildman–Crippen MR) is 114 cm³/mol. The molecule has 2 aliphatic rings. The minimum atomic E-state index is -10.0. The van der Waals surface area contributed by atoms with Gasteiger partial charge >= 0.3 is 16.3 Å². The van der Waals surface area contributed by atoms with E-state index in [-0.39, 0.29) is 43.9 Å². The number of carbonyl (C=O) groups excluding carboxylic acids is 2. The quantitative estimate of drug-likeness (QED) is 0.485. The zero-order valence-electron chi connectivity index (χ0n) is 17.0. The molecule has 3 amide bonds. The van der Waals surface area contributed by atoms with E-state index in [1.165, 1.54) is 4.90 Å². The fourth-order valence-electron chi connectivity index (χ4n) is 4.02. The first kappa shape index (κ1) is 23.1. The second-order valence-electron chi connectivity index (χ2n) is 7.97. The first-order valence-electron chi connectivity index (χ1n) is 9.94. The number of aliphatic hydroxyl groups excluding tert-OH is 1. The summed E-state index contributed by atoms with van der Waals surface area (Å²) in [4.78, 5) is 23.6. The third-order valence-electron chi connectivity index (χ3n) is 5.53. The number of nitrogens with zero attached hydrogens (tertiary/aromatic N) is 1. The molecule has 2 atom stereocenters. The van der Waals surface area contributed by atoms with E-state index in [0.29, 0.717) is 5.56 Å². The van der Waals surface area contributed by atoms with Gasteiger partial charge in [0.05, 0.1) is 30.1 Å². The lowest BCUT2D eigenvalue weighted by Gasteiger charge is -2.41. The van der Waals surface area contributed by atoms with Gasteiger partial charge in [-0.1, -0.05) is 43.7 Å². The molecular formula is C20H21F5N4O3S. The van der Waals surface area contributed by atoms with Crippen molar-refractivity contribution in [3.63, 3.8) is 0 Å². The summed E-state index contributed by atoms with van der Waals surface area (Å²) in [6, 6.07) is 6.34. The van der Waals surface area contributed by atoms with E-state index in [2.05, 4.69) is 16.0 Å². The zero-order chi connectivity index (χ0) is 24.1. The third kappa shape index (κ3) is 4.98. The molecule has 4 rings (SSSR count). The van der Waals surface area contributed by atoms with Crippen LogP contribution in [0.5, 0.6) is 0 Å². The number of fused-ring (bicyclic) bond motifs is 1. The highest BCUT2D eigenvalue weighted by atomic mass is 32.5. The van der Waals surface area contributed by atoms with Gasteiger partial charge in [0.2, 0.25) is 5.91 Å². The molecule has 1 aliphatic carbocycles. The Labute approximate surface area is 185 Å². The fraction of sp³-hybridized carbons (Fsp3) is 0.300. The summed E-state index contributed by atoms with van der Waals surface area (Å²) in [5, 5.41) is 17.5. The molecule has 7 nitrogen and oxygen atoms in total. The maximum absolute atomic E-state index is 13.4. The molecule has 2 aromatic carbocycles. The molecule has 0 unspecified atom stereocenters. The summed E-state index contributed by atoms with van der Waals surface area (Å²) in [5.41, 5.74) is 0.902. The van der Waals surface area contributed by atoms with Crippen LogP contribution in [0, 0.1) is 0 Å². The number of halogens is 5. The summed E-state index contributed by atoms with van der Waals surface area (Å²) in [7, 11) is -10.0. The summed E-state index contributed by atoms with van der Waals surface area (Å²) < 4.78 is 67.0. The average molecular weight is 492 g/mol. The van der Waals surface area contributed by atoms with Crippen molar-refractivity contribution in [3.8, 4) is 0 Å². The lowest BCUT2D eigenvalue weighted by Crippen LogP contribution is -2.48. The van der Waals surface area contributed by atoms with Crippen LogP contribution in [0.25, 0.3) is 0 Å². The topological polar surface area (TPSA) is 93.7 Å². The van der Waals surface area contributed by atoms with Crippen LogP contribution >= 0.6 is 10.2 Å². The zero-order valence-corrected chi connectivity index (χ0v) is 17.9. The number of hydrogen-bond acceptors (Lipinski definition) is 4. The van der Waals surface area contributed by atoms with E-state index in [9.17, 15) is 34.1 Å². The van der Waals surface area contributed by atoms with Gasteiger partial charge in [0.15, 0.2) is 0 Å². The highest BCUT2D eigenvalue weighted by Gasteiger charge is 2.65. The van der Waals surface area contributed by atoms with Crippen LogP contribution in [0.1, 0.15) is 17.2 Å². The number of hydrogen-bond donors (Lipinski definition) is 4. The molecule has 13 heteroatoms. The maximum Gasteiger partial charge on any atom is 0.319 e. The number of rotatable bonds is 4. The smallest absolute Gasteiger partial charge is 0.319 e. The largest absolute Gasteiger partial charge is 0.390 e. The van der Waals surface area contributed by atoms with Gasteiger partial charge in [-0.2, -0.15) is 0 Å². The van der Waals surface area contributed by atoms with Crippen molar-refractivity contribution in [2.75, 3.05) is 29.9 Å². The second kappa shape index (κ2) is 7.22. The molecule has 2 aromatic rings. The normalized spacial score (nSPS) is 22.6. The number of piperazine rings is 1. The van der Waals surface area contributed by atoms with Crippen LogP contribution in [0.3, 0.4) is 0 Å². The molecule has 1 heterocycles. The number of amides is 3. The molecule has 4 N–H and O–H groups in total. The summed E-state index contributed by atoms with van der Waals surface area (Å²) in [6.07, 6.45) is -0.691. The van der Waals surface area contributed by atoms with E-state index in [1.54, 1.807) is 24.3 Å². The van der Waals surface area contributed by atoms with Gasteiger partial charge in [0.1, 0.15) is 4.90 Å². The van der Waals surface area contributed by atoms with Crippen LogP contribution in [0.2, 0.25) is 0 Å². The Morgan fingerprint density at radius 3 is 2.55 bits per heavy atom. The number of nitrogens with one attached hydrogen (secondary N) is 3. The molecule has 1 aliphatic heterocycles. The first-order valence-corrected chi connectivity index (χ1v) is 11.9. The number of aliphatic hydroxyl groups is 1. The molecule has 1 saturated heterocycles. The maximum atomic E-state index is 13.4. The Balaban J connectivity index is 1.64. The van der Waals surface area contributed by atoms with Gasteiger partial charge in [0, 0.05) is 19.5 Å². The van der Waals surface area contributed by atoms with Crippen molar-refractivity contribution in [3.05, 3.63) is 53.6 Å². The number of carbonyl (C=O) groups is 2. The summed E-state index contributed by atoms with van der Waals surface area (Å²) in [6.45, 7) is 0.173. The molecular weight excluding hydrogens is 471 g/mol. The highest BCUT2D eigenvalue weighted by molar-refractivity contribution is 8.45. The molecule has 0 spiro atoms. The molecule has 0 aromatic heterocycles. The molecule has 0 radical (unpaired) electrons. The van der Waals surface area contributed by atoms with E-state index in [4.69, 9.17) is 0 Å². The van der Waals surface area contributed by atoms with Crippen LogP contribution < -0.4 is 20.9 Å². The van der Waals surface area contributed by atoms with E-state index in [1.807, 2.05) is 0 Å². The fourth-order valence-corrected chi connectivity index (χ4v) is 4.69. The van der Waals surface area contributed by atoms with Crippen molar-refractivity contribution < 1.29 is 34.1 Å². The summed E-state index contributed by atoms with van der Waals surface area (Å²) >= 11 is 0. The Morgan fingerprint density at radius 1 is 1.12 bits per heavy atom. The molecule has 0 bridgehead atoms. The van der Waals surface area contributed by atoms with Gasteiger partial charge in [-0.15, -0.1) is 0 Å². The van der Waals surface area contributed by atoms with Crippen molar-refractivity contribution >= 4 is 33.5 Å². The molecule has 0 saturated carbocycles. The molecule has 33 heavy (non-hydrogen) atoms. The Kier molecular flexibility index (Phi) is 5.06. The van der Waals surface area contributed by atoms with Gasteiger partial charge in [-0.3, -0.25) is 4.79 Å². The first-order chi connectivity index (χ1) is 15.2. The lowest BCUT2D eigenvalue weighted by atomic mass is 10.1. The third-order valence-corrected chi connectivity index (χ3v) is 6.68. The van der Waals surface area contributed by atoms with Crippen molar-refractivity contribution in [1.82, 2.24) is 10.6 Å². The van der Waals surface area contributed by atoms with Gasteiger partial charge < -0.3 is 26.0 Å². The number of benzene rings is 2. The minimum Gasteiger partial charge on any atom is -0.390 e. The van der Waals surface area contributed by atoms with Crippen molar-refractivity contribution in [1.29, 1.82) is 0 Å². The average Bonchev–Trinajstić information content (AvgIpc) is 3.01. The van der Waals surface area contributed by atoms with Crippen molar-refractivity contribution in [2.45, 2.75) is 23.5 Å². The number of urea groups is 1. The van der Waals surface area contributed by atoms with Gasteiger partial charge in [-0.05, 0) is 29.3 Å². The van der Waals surface area contributed by atoms with E-state index >= 15 is 0 Å². The second-order valence-corrected chi connectivity index (χ2v) is 10.4. The summed E-state index contributed by atoms with van der Waals surface area (Å²) in [5.74, 6) is -0.404. The van der Waals surface area contributed by atoms with E-state index in [0.717, 1.165) is 11.6 Å². The van der Waals surface area contributed by atoms with Gasteiger partial charge in [0.25, 0.3) is 0 Å². The Bertz CT molecular complexity index is 1130. The van der Waals surface area contributed by atoms with Gasteiger partial charge in [-0.25, -0.2) is 4.79 Å². The number of anilines is 2. The minimum absolute atomic E-state index is 0.0158. The predicted octanol–water partition coefficient (Wildman–Crippen LogP) is 4.06. The monoisotopic (exact) mass is 492 g/mol. The Morgan fingerprint density at radius 2 is 1.85 bits per heavy atom.